The average molecular weight is 261 g/mol. The second-order valence-electron chi connectivity index (χ2n) is 5.87. The highest BCUT2D eigenvalue weighted by Crippen LogP contribution is 2.23. The van der Waals surface area contributed by atoms with Crippen LogP contribution < -0.4 is 5.73 Å². The number of fused-ring (bicyclic) bond motifs is 1. The Labute approximate surface area is 117 Å². The van der Waals surface area contributed by atoms with Crippen molar-refractivity contribution in [3.63, 3.8) is 0 Å². The van der Waals surface area contributed by atoms with Crippen molar-refractivity contribution in [3.05, 3.63) is 34.9 Å². The molecule has 1 aromatic rings. The van der Waals surface area contributed by atoms with Gasteiger partial charge in [0.05, 0.1) is 6.10 Å². The second kappa shape index (κ2) is 7.06. The second-order valence-corrected chi connectivity index (χ2v) is 5.87. The Balaban J connectivity index is 1.89. The fourth-order valence-electron chi connectivity index (χ4n) is 3.00. The molecule has 3 N–H and O–H groups in total. The van der Waals surface area contributed by atoms with Crippen LogP contribution in [-0.4, -0.2) is 17.3 Å². The Bertz CT molecular complexity index is 402. The van der Waals surface area contributed by atoms with E-state index in [1.807, 2.05) is 0 Å². The quantitative estimate of drug-likeness (QED) is 0.827. The summed E-state index contributed by atoms with van der Waals surface area (Å²) in [4.78, 5) is 0. The van der Waals surface area contributed by atoms with Crippen molar-refractivity contribution >= 4 is 0 Å². The molecule has 1 aromatic carbocycles. The molecule has 2 nitrogen and oxygen atoms in total. The van der Waals surface area contributed by atoms with Crippen LogP contribution in [0.3, 0.4) is 0 Å². The molecule has 0 radical (unpaired) electrons. The van der Waals surface area contributed by atoms with E-state index in [1.165, 1.54) is 42.4 Å². The van der Waals surface area contributed by atoms with E-state index >= 15 is 0 Å². The molecule has 19 heavy (non-hydrogen) atoms. The Morgan fingerprint density at radius 2 is 1.89 bits per heavy atom. The lowest BCUT2D eigenvalue weighted by Gasteiger charge is -2.19. The van der Waals surface area contributed by atoms with E-state index in [4.69, 9.17) is 5.73 Å². The monoisotopic (exact) mass is 261 g/mol. The molecular formula is C17H27NO. The molecule has 2 rings (SSSR count). The predicted molar refractivity (Wildman–Crippen MR) is 80.3 cm³/mol. The zero-order valence-corrected chi connectivity index (χ0v) is 12.1. The number of hydrogen-bond acceptors (Lipinski definition) is 2. The Kier molecular flexibility index (Phi) is 5.41. The minimum atomic E-state index is -0.365. The molecule has 0 saturated carbocycles. The lowest BCUT2D eigenvalue weighted by Crippen LogP contribution is -2.34. The van der Waals surface area contributed by atoms with Gasteiger partial charge in [0.25, 0.3) is 0 Å². The Morgan fingerprint density at radius 1 is 1.16 bits per heavy atom. The first-order chi connectivity index (χ1) is 9.20. The molecule has 0 saturated heterocycles. The number of aryl methyl sites for hydroxylation is 3. The van der Waals surface area contributed by atoms with Crippen molar-refractivity contribution in [1.82, 2.24) is 0 Å². The number of aliphatic hydroxyl groups is 1. The normalized spacial score (nSPS) is 17.8. The van der Waals surface area contributed by atoms with Gasteiger partial charge >= 0.3 is 0 Å². The maximum atomic E-state index is 10.0. The smallest absolute Gasteiger partial charge is 0.0694 e. The van der Waals surface area contributed by atoms with Gasteiger partial charge in [-0.1, -0.05) is 31.5 Å². The molecule has 1 aliphatic carbocycles. The first-order valence-electron chi connectivity index (χ1n) is 7.75. The highest BCUT2D eigenvalue weighted by molar-refractivity contribution is 5.33. The highest BCUT2D eigenvalue weighted by atomic mass is 16.3. The number of aliphatic hydroxyl groups excluding tert-OH is 1. The largest absolute Gasteiger partial charge is 0.392 e. The van der Waals surface area contributed by atoms with Crippen molar-refractivity contribution in [2.24, 2.45) is 5.73 Å². The zero-order chi connectivity index (χ0) is 13.7. The molecule has 0 bridgehead atoms. The summed E-state index contributed by atoms with van der Waals surface area (Å²) in [5.74, 6) is 0. The fraction of sp³-hybridized carbons (Fsp3) is 0.647. The van der Waals surface area contributed by atoms with E-state index in [2.05, 4.69) is 25.1 Å². The minimum absolute atomic E-state index is 0.0670. The summed E-state index contributed by atoms with van der Waals surface area (Å²) < 4.78 is 0. The van der Waals surface area contributed by atoms with Crippen LogP contribution >= 0.6 is 0 Å². The lowest BCUT2D eigenvalue weighted by atomic mass is 9.89. The van der Waals surface area contributed by atoms with Gasteiger partial charge in [-0.3, -0.25) is 0 Å². The maximum Gasteiger partial charge on any atom is 0.0694 e. The van der Waals surface area contributed by atoms with Crippen LogP contribution in [0.4, 0.5) is 0 Å². The summed E-state index contributed by atoms with van der Waals surface area (Å²) in [6.45, 7) is 2.11. The number of hydrogen-bond donors (Lipinski definition) is 2. The van der Waals surface area contributed by atoms with Gasteiger partial charge in [0.15, 0.2) is 0 Å². The molecule has 0 amide bonds. The van der Waals surface area contributed by atoms with Crippen LogP contribution in [0.2, 0.25) is 0 Å². The van der Waals surface area contributed by atoms with Crippen LogP contribution in [0.5, 0.6) is 0 Å². The molecule has 0 aliphatic heterocycles. The summed E-state index contributed by atoms with van der Waals surface area (Å²) >= 11 is 0. The predicted octanol–water partition coefficient (Wildman–Crippen LogP) is 2.99. The van der Waals surface area contributed by atoms with Gasteiger partial charge in [-0.15, -0.1) is 0 Å². The number of benzene rings is 1. The third kappa shape index (κ3) is 4.05. The summed E-state index contributed by atoms with van der Waals surface area (Å²) in [6.07, 6.45) is 8.41. The third-order valence-electron chi connectivity index (χ3n) is 4.26. The summed E-state index contributed by atoms with van der Waals surface area (Å²) in [5, 5.41) is 10.0. The first-order valence-corrected chi connectivity index (χ1v) is 7.75. The molecule has 0 spiro atoms. The Hall–Kier alpha value is -0.860. The third-order valence-corrected chi connectivity index (χ3v) is 4.26. The molecule has 0 aromatic heterocycles. The maximum absolute atomic E-state index is 10.0. The van der Waals surface area contributed by atoms with Gasteiger partial charge in [-0.25, -0.2) is 0 Å². The van der Waals surface area contributed by atoms with Gasteiger partial charge in [0.2, 0.25) is 0 Å². The van der Waals surface area contributed by atoms with Gasteiger partial charge < -0.3 is 10.8 Å². The van der Waals surface area contributed by atoms with Crippen LogP contribution in [0, 0.1) is 0 Å². The minimum Gasteiger partial charge on any atom is -0.392 e. The number of rotatable bonds is 6. The first kappa shape index (κ1) is 14.5. The molecule has 0 heterocycles. The molecular weight excluding hydrogens is 234 g/mol. The van der Waals surface area contributed by atoms with E-state index in [0.29, 0.717) is 0 Å². The van der Waals surface area contributed by atoms with Crippen molar-refractivity contribution in [2.75, 3.05) is 0 Å². The van der Waals surface area contributed by atoms with E-state index in [9.17, 15) is 5.11 Å². The van der Waals surface area contributed by atoms with Gasteiger partial charge in [0.1, 0.15) is 0 Å². The van der Waals surface area contributed by atoms with Crippen LogP contribution in [0.15, 0.2) is 18.2 Å². The summed E-state index contributed by atoms with van der Waals surface area (Å²) in [7, 11) is 0. The molecule has 2 heteroatoms. The molecule has 106 valence electrons. The molecule has 2 unspecified atom stereocenters. The van der Waals surface area contributed by atoms with E-state index in [0.717, 1.165) is 25.7 Å². The summed E-state index contributed by atoms with van der Waals surface area (Å²) in [6, 6.07) is 6.78. The SMILES string of the molecule is CCCC(N)C(O)CCc1ccc2c(c1)CCCC2. The van der Waals surface area contributed by atoms with E-state index in [-0.39, 0.29) is 12.1 Å². The van der Waals surface area contributed by atoms with E-state index in [1.54, 1.807) is 0 Å². The molecule has 1 aliphatic rings. The van der Waals surface area contributed by atoms with Gasteiger partial charge in [0, 0.05) is 6.04 Å². The van der Waals surface area contributed by atoms with Gasteiger partial charge in [-0.2, -0.15) is 0 Å². The molecule has 2 atom stereocenters. The molecule has 0 fully saturated rings. The zero-order valence-electron chi connectivity index (χ0n) is 12.1. The van der Waals surface area contributed by atoms with Crippen molar-refractivity contribution in [1.29, 1.82) is 0 Å². The fourth-order valence-corrected chi connectivity index (χ4v) is 3.00. The van der Waals surface area contributed by atoms with Crippen molar-refractivity contribution in [2.45, 2.75) is 70.4 Å². The van der Waals surface area contributed by atoms with Crippen LogP contribution in [0.1, 0.15) is 55.7 Å². The van der Waals surface area contributed by atoms with Crippen molar-refractivity contribution in [3.8, 4) is 0 Å². The topological polar surface area (TPSA) is 46.2 Å². The Morgan fingerprint density at radius 3 is 2.63 bits per heavy atom. The number of nitrogens with two attached hydrogens (primary N) is 1. The van der Waals surface area contributed by atoms with E-state index < -0.39 is 0 Å². The highest BCUT2D eigenvalue weighted by Gasteiger charge is 2.14. The van der Waals surface area contributed by atoms with Crippen molar-refractivity contribution < 1.29 is 5.11 Å². The average Bonchev–Trinajstić information content (AvgIpc) is 2.44. The standard InChI is InChI=1S/C17H27NO/c1-2-5-16(18)17(19)11-9-13-8-10-14-6-3-4-7-15(14)12-13/h8,10,12,16-17,19H,2-7,9,11,18H2,1H3. The lowest BCUT2D eigenvalue weighted by molar-refractivity contribution is 0.131. The van der Waals surface area contributed by atoms with Crippen LogP contribution in [0.25, 0.3) is 0 Å². The summed E-state index contributed by atoms with van der Waals surface area (Å²) in [5.41, 5.74) is 10.4. The van der Waals surface area contributed by atoms with Crippen LogP contribution in [-0.2, 0) is 19.3 Å². The van der Waals surface area contributed by atoms with Gasteiger partial charge in [-0.05, 0) is 61.6 Å².